The van der Waals surface area contributed by atoms with Gasteiger partial charge in [0, 0.05) is 0 Å². The molecule has 2 rings (SSSR count). The standard InChI is InChI=1S/C14H21NO3S/c1-9-5-3-4-6-11(9)12-8-13(15-19(17)18)14(16)7-10(12)2/h7-9,11,15-16H,3-6H2,1-2H3,(H,17,18). The first-order valence-corrected chi connectivity index (χ1v) is 7.80. The van der Waals surface area contributed by atoms with Crippen LogP contribution in [0.2, 0.25) is 0 Å². The fourth-order valence-corrected chi connectivity index (χ4v) is 3.41. The average Bonchev–Trinajstić information content (AvgIpc) is 2.33. The summed E-state index contributed by atoms with van der Waals surface area (Å²) in [5.74, 6) is 1.11. The van der Waals surface area contributed by atoms with Crippen molar-refractivity contribution in [3.8, 4) is 5.75 Å². The Hall–Kier alpha value is -1.07. The van der Waals surface area contributed by atoms with Crippen LogP contribution in [0, 0.1) is 12.8 Å². The Morgan fingerprint density at radius 2 is 2.00 bits per heavy atom. The number of aryl methyl sites for hydroxylation is 1. The van der Waals surface area contributed by atoms with Gasteiger partial charge in [-0.1, -0.05) is 26.2 Å². The Balaban J connectivity index is 2.36. The normalized spacial score (nSPS) is 25.0. The molecule has 1 aromatic carbocycles. The van der Waals surface area contributed by atoms with E-state index in [-0.39, 0.29) is 5.75 Å². The largest absolute Gasteiger partial charge is 0.506 e. The van der Waals surface area contributed by atoms with Crippen LogP contribution in [0.3, 0.4) is 0 Å². The van der Waals surface area contributed by atoms with Gasteiger partial charge in [-0.3, -0.25) is 9.27 Å². The third kappa shape index (κ3) is 3.28. The van der Waals surface area contributed by atoms with Crippen LogP contribution >= 0.6 is 0 Å². The highest BCUT2D eigenvalue weighted by Crippen LogP contribution is 2.41. The lowest BCUT2D eigenvalue weighted by atomic mass is 9.75. The molecule has 0 amide bonds. The van der Waals surface area contributed by atoms with Crippen molar-refractivity contribution < 1.29 is 13.9 Å². The van der Waals surface area contributed by atoms with Crippen molar-refractivity contribution in [1.82, 2.24) is 0 Å². The first-order valence-electron chi connectivity index (χ1n) is 6.70. The van der Waals surface area contributed by atoms with E-state index in [2.05, 4.69) is 11.6 Å². The number of rotatable bonds is 3. The van der Waals surface area contributed by atoms with Crippen LogP contribution in [-0.4, -0.2) is 13.9 Å². The summed E-state index contributed by atoms with van der Waals surface area (Å²) in [4.78, 5) is 0. The highest BCUT2D eigenvalue weighted by atomic mass is 32.2. The maximum absolute atomic E-state index is 10.8. The summed E-state index contributed by atoms with van der Waals surface area (Å²) < 4.78 is 22.1. The highest BCUT2D eigenvalue weighted by molar-refractivity contribution is 7.80. The van der Waals surface area contributed by atoms with Gasteiger partial charge in [0.05, 0.1) is 5.69 Å². The minimum Gasteiger partial charge on any atom is -0.506 e. The van der Waals surface area contributed by atoms with Crippen LogP contribution in [0.4, 0.5) is 5.69 Å². The molecule has 0 aliphatic heterocycles. The maximum atomic E-state index is 10.8. The molecule has 3 N–H and O–H groups in total. The van der Waals surface area contributed by atoms with Gasteiger partial charge in [-0.15, -0.1) is 0 Å². The van der Waals surface area contributed by atoms with Crippen molar-refractivity contribution in [2.24, 2.45) is 5.92 Å². The van der Waals surface area contributed by atoms with E-state index < -0.39 is 11.3 Å². The molecule has 106 valence electrons. The molecule has 0 saturated heterocycles. The molecule has 1 aliphatic rings. The summed E-state index contributed by atoms with van der Waals surface area (Å²) in [6, 6.07) is 3.50. The zero-order valence-corrected chi connectivity index (χ0v) is 12.2. The lowest BCUT2D eigenvalue weighted by molar-refractivity contribution is 0.329. The number of phenols is 1. The molecule has 0 aromatic heterocycles. The van der Waals surface area contributed by atoms with Gasteiger partial charge in [0.2, 0.25) is 0 Å². The topological polar surface area (TPSA) is 69.6 Å². The average molecular weight is 283 g/mol. The van der Waals surface area contributed by atoms with E-state index in [9.17, 15) is 9.32 Å². The lowest BCUT2D eigenvalue weighted by Gasteiger charge is -2.30. The molecule has 3 atom stereocenters. The van der Waals surface area contributed by atoms with E-state index in [1.54, 1.807) is 6.07 Å². The minimum atomic E-state index is -2.17. The number of benzene rings is 1. The van der Waals surface area contributed by atoms with E-state index in [0.717, 1.165) is 12.0 Å². The van der Waals surface area contributed by atoms with E-state index in [0.29, 0.717) is 17.5 Å². The van der Waals surface area contributed by atoms with Crippen molar-refractivity contribution in [3.05, 3.63) is 23.3 Å². The number of hydrogen-bond acceptors (Lipinski definition) is 2. The maximum Gasteiger partial charge on any atom is 0.259 e. The zero-order valence-electron chi connectivity index (χ0n) is 11.3. The zero-order chi connectivity index (χ0) is 14.0. The minimum absolute atomic E-state index is 0.0205. The second kappa shape index (κ2) is 5.92. The fourth-order valence-electron chi connectivity index (χ4n) is 3.06. The smallest absolute Gasteiger partial charge is 0.259 e. The monoisotopic (exact) mass is 283 g/mol. The molecule has 0 radical (unpaired) electrons. The van der Waals surface area contributed by atoms with Crippen LogP contribution in [-0.2, 0) is 11.3 Å². The molecule has 4 nitrogen and oxygen atoms in total. The summed E-state index contributed by atoms with van der Waals surface area (Å²) in [6.07, 6.45) is 4.87. The van der Waals surface area contributed by atoms with E-state index in [1.807, 2.05) is 13.0 Å². The molecule has 0 heterocycles. The van der Waals surface area contributed by atoms with E-state index in [4.69, 9.17) is 4.55 Å². The number of nitrogens with one attached hydrogen (secondary N) is 1. The summed E-state index contributed by atoms with van der Waals surface area (Å²) in [5, 5.41) is 9.82. The Bertz CT molecular complexity index is 490. The van der Waals surface area contributed by atoms with Gasteiger partial charge in [-0.05, 0) is 48.4 Å². The second-order valence-corrected chi connectivity index (χ2v) is 6.15. The van der Waals surface area contributed by atoms with Crippen molar-refractivity contribution in [3.63, 3.8) is 0 Å². The quantitative estimate of drug-likeness (QED) is 0.587. The summed E-state index contributed by atoms with van der Waals surface area (Å²) >= 11 is -2.17. The molecule has 3 unspecified atom stereocenters. The van der Waals surface area contributed by atoms with Gasteiger partial charge in [-0.2, -0.15) is 0 Å². The molecule has 0 bridgehead atoms. The number of phenolic OH excluding ortho intramolecular Hbond substituents is 1. The number of aromatic hydroxyl groups is 1. The van der Waals surface area contributed by atoms with Gasteiger partial charge in [0.25, 0.3) is 11.3 Å². The van der Waals surface area contributed by atoms with Crippen molar-refractivity contribution >= 4 is 17.0 Å². The van der Waals surface area contributed by atoms with Crippen molar-refractivity contribution in [2.75, 3.05) is 4.72 Å². The summed E-state index contributed by atoms with van der Waals surface area (Å²) in [6.45, 7) is 4.24. The molecular weight excluding hydrogens is 262 g/mol. The Kier molecular flexibility index (Phi) is 4.47. The second-order valence-electron chi connectivity index (χ2n) is 5.45. The Labute approximate surface area is 116 Å². The van der Waals surface area contributed by atoms with Crippen molar-refractivity contribution in [2.45, 2.75) is 45.4 Å². The molecule has 5 heteroatoms. The Morgan fingerprint density at radius 3 is 2.63 bits per heavy atom. The first-order chi connectivity index (χ1) is 8.99. The third-order valence-corrected chi connectivity index (χ3v) is 4.49. The van der Waals surface area contributed by atoms with E-state index in [1.165, 1.54) is 24.8 Å². The van der Waals surface area contributed by atoms with Crippen LogP contribution in [0.15, 0.2) is 12.1 Å². The third-order valence-electron chi connectivity index (χ3n) is 4.09. The van der Waals surface area contributed by atoms with Gasteiger partial charge in [0.15, 0.2) is 0 Å². The van der Waals surface area contributed by atoms with E-state index >= 15 is 0 Å². The van der Waals surface area contributed by atoms with Gasteiger partial charge in [0.1, 0.15) is 5.75 Å². The molecule has 1 aromatic rings. The van der Waals surface area contributed by atoms with Crippen LogP contribution in [0.25, 0.3) is 0 Å². The van der Waals surface area contributed by atoms with Gasteiger partial charge >= 0.3 is 0 Å². The summed E-state index contributed by atoms with van der Waals surface area (Å²) in [5.41, 5.74) is 2.56. The van der Waals surface area contributed by atoms with Gasteiger partial charge in [-0.25, -0.2) is 4.21 Å². The molecule has 19 heavy (non-hydrogen) atoms. The summed E-state index contributed by atoms with van der Waals surface area (Å²) in [7, 11) is 0. The number of anilines is 1. The molecule has 1 aliphatic carbocycles. The molecule has 1 fully saturated rings. The highest BCUT2D eigenvalue weighted by Gasteiger charge is 2.25. The fraction of sp³-hybridized carbons (Fsp3) is 0.571. The molecular formula is C14H21NO3S. The first kappa shape index (κ1) is 14.3. The van der Waals surface area contributed by atoms with Gasteiger partial charge < -0.3 is 5.11 Å². The predicted octanol–water partition coefficient (Wildman–Crippen LogP) is 3.54. The molecule has 1 saturated carbocycles. The SMILES string of the molecule is Cc1cc(O)c(NS(=O)O)cc1C1CCCCC1C. The lowest BCUT2D eigenvalue weighted by Crippen LogP contribution is -2.16. The molecule has 0 spiro atoms. The van der Waals surface area contributed by atoms with Crippen LogP contribution in [0.5, 0.6) is 5.75 Å². The van der Waals surface area contributed by atoms with Crippen LogP contribution in [0.1, 0.15) is 49.7 Å². The van der Waals surface area contributed by atoms with Crippen molar-refractivity contribution in [1.29, 1.82) is 0 Å². The Morgan fingerprint density at radius 1 is 1.32 bits per heavy atom. The predicted molar refractivity (Wildman–Crippen MR) is 77.6 cm³/mol. The number of hydrogen-bond donors (Lipinski definition) is 3. The van der Waals surface area contributed by atoms with Crippen LogP contribution < -0.4 is 4.72 Å².